The largest absolute Gasteiger partial charge is 0.465 e. The molecular weight excluding hydrogens is 238 g/mol. The molecule has 0 aliphatic rings. The van der Waals surface area contributed by atoms with Crippen molar-refractivity contribution in [3.05, 3.63) is 35.5 Å². The number of aromatic amines is 1. The van der Waals surface area contributed by atoms with E-state index in [2.05, 4.69) is 36.3 Å². The molecule has 0 fully saturated rings. The molecule has 1 heterocycles. The minimum Gasteiger partial charge on any atom is -0.465 e. The van der Waals surface area contributed by atoms with E-state index < -0.39 is 0 Å². The molecule has 0 spiro atoms. The van der Waals surface area contributed by atoms with Crippen LogP contribution < -0.4 is 0 Å². The smallest absolute Gasteiger partial charge is 0.293 e. The molecule has 2 aromatic rings. The second-order valence-electron chi connectivity index (χ2n) is 5.04. The number of nitrogens with one attached hydrogen (secondary N) is 1. The highest BCUT2D eigenvalue weighted by Gasteiger charge is 2.07. The van der Waals surface area contributed by atoms with E-state index in [4.69, 9.17) is 4.74 Å². The third-order valence-electron chi connectivity index (χ3n) is 3.44. The molecule has 1 unspecified atom stereocenters. The molecule has 0 amide bonds. The molecule has 1 aromatic heterocycles. The normalized spacial score (nSPS) is 12.5. The maximum atomic E-state index is 10.3. The number of benzene rings is 1. The molecule has 0 saturated heterocycles. The van der Waals surface area contributed by atoms with Gasteiger partial charge in [0.25, 0.3) is 6.47 Å². The molecule has 1 aromatic carbocycles. The first-order chi connectivity index (χ1) is 9.24. The molecule has 0 radical (unpaired) electrons. The van der Waals surface area contributed by atoms with E-state index in [9.17, 15) is 4.79 Å². The fourth-order valence-corrected chi connectivity index (χ4v) is 2.40. The molecule has 1 N–H and O–H groups in total. The predicted octanol–water partition coefficient (Wildman–Crippen LogP) is 3.61. The van der Waals surface area contributed by atoms with Gasteiger partial charge in [-0.2, -0.15) is 0 Å². The first-order valence-corrected chi connectivity index (χ1v) is 6.92. The quantitative estimate of drug-likeness (QED) is 0.772. The summed E-state index contributed by atoms with van der Waals surface area (Å²) >= 11 is 0. The number of rotatable bonds is 7. The van der Waals surface area contributed by atoms with Crippen LogP contribution in [0.15, 0.2) is 24.4 Å². The predicted molar refractivity (Wildman–Crippen MR) is 77.2 cm³/mol. The van der Waals surface area contributed by atoms with E-state index in [1.54, 1.807) is 0 Å². The van der Waals surface area contributed by atoms with Crippen molar-refractivity contribution in [2.75, 3.05) is 0 Å². The molecule has 0 saturated carbocycles. The van der Waals surface area contributed by atoms with E-state index >= 15 is 0 Å². The van der Waals surface area contributed by atoms with E-state index in [0.29, 0.717) is 6.47 Å². The maximum absolute atomic E-state index is 10.3. The van der Waals surface area contributed by atoms with E-state index in [-0.39, 0.29) is 6.10 Å². The summed E-state index contributed by atoms with van der Waals surface area (Å²) in [6, 6.07) is 6.41. The van der Waals surface area contributed by atoms with Gasteiger partial charge in [0.2, 0.25) is 0 Å². The molecule has 0 aliphatic carbocycles. The highest BCUT2D eigenvalue weighted by atomic mass is 16.5. The van der Waals surface area contributed by atoms with Crippen LogP contribution >= 0.6 is 0 Å². The number of hydrogen-bond acceptors (Lipinski definition) is 2. The van der Waals surface area contributed by atoms with Crippen LogP contribution in [0.2, 0.25) is 0 Å². The summed E-state index contributed by atoms with van der Waals surface area (Å²) in [5.74, 6) is 0. The first kappa shape index (κ1) is 13.7. The Morgan fingerprint density at radius 2 is 2.26 bits per heavy atom. The Kier molecular flexibility index (Phi) is 4.61. The van der Waals surface area contributed by atoms with E-state index in [0.717, 1.165) is 12.8 Å². The lowest BCUT2D eigenvalue weighted by atomic mass is 10.0. The summed E-state index contributed by atoms with van der Waals surface area (Å²) in [5.41, 5.74) is 3.76. The summed E-state index contributed by atoms with van der Waals surface area (Å²) in [6.45, 7) is 4.64. The van der Waals surface area contributed by atoms with Crippen LogP contribution in [-0.4, -0.2) is 17.6 Å². The standard InChI is InChI=1S/C16H21NO2/c1-3-4-5-14-10-17-16-7-6-13(9-15(14)16)8-12(2)19-11-18/h6-7,9-12,17H,3-5,8H2,1-2H3. The van der Waals surface area contributed by atoms with Gasteiger partial charge in [-0.15, -0.1) is 0 Å². The Bertz CT molecular complexity index is 545. The summed E-state index contributed by atoms with van der Waals surface area (Å²) in [7, 11) is 0. The minimum absolute atomic E-state index is 0.0759. The number of H-pyrrole nitrogens is 1. The highest BCUT2D eigenvalue weighted by Crippen LogP contribution is 2.22. The van der Waals surface area contributed by atoms with Gasteiger partial charge in [-0.1, -0.05) is 19.4 Å². The van der Waals surface area contributed by atoms with Crippen LogP contribution in [0.3, 0.4) is 0 Å². The van der Waals surface area contributed by atoms with Crippen molar-refractivity contribution in [3.8, 4) is 0 Å². The molecular formula is C16H21NO2. The highest BCUT2D eigenvalue weighted by molar-refractivity contribution is 5.83. The molecule has 1 atom stereocenters. The molecule has 3 nitrogen and oxygen atoms in total. The zero-order valence-electron chi connectivity index (χ0n) is 11.6. The van der Waals surface area contributed by atoms with Crippen molar-refractivity contribution in [3.63, 3.8) is 0 Å². The summed E-state index contributed by atoms with van der Waals surface area (Å²) in [5, 5.41) is 1.30. The Morgan fingerprint density at radius 1 is 1.42 bits per heavy atom. The van der Waals surface area contributed by atoms with Crippen LogP contribution in [0, 0.1) is 0 Å². The second-order valence-corrected chi connectivity index (χ2v) is 5.04. The third-order valence-corrected chi connectivity index (χ3v) is 3.44. The summed E-state index contributed by atoms with van der Waals surface area (Å²) in [6.07, 6.45) is 6.31. The van der Waals surface area contributed by atoms with Crippen molar-refractivity contribution in [2.24, 2.45) is 0 Å². The first-order valence-electron chi connectivity index (χ1n) is 6.92. The Labute approximate surface area is 114 Å². The summed E-state index contributed by atoms with van der Waals surface area (Å²) < 4.78 is 4.95. The number of unbranched alkanes of at least 4 members (excludes halogenated alkanes) is 1. The van der Waals surface area contributed by atoms with Gasteiger partial charge in [0.15, 0.2) is 0 Å². The van der Waals surface area contributed by atoms with Gasteiger partial charge in [-0.3, -0.25) is 4.79 Å². The van der Waals surface area contributed by atoms with Crippen LogP contribution in [-0.2, 0) is 22.4 Å². The third kappa shape index (κ3) is 3.37. The van der Waals surface area contributed by atoms with Gasteiger partial charge in [-0.05, 0) is 43.0 Å². The molecule has 3 heteroatoms. The van der Waals surface area contributed by atoms with Gasteiger partial charge in [0.1, 0.15) is 6.10 Å². The van der Waals surface area contributed by atoms with Crippen molar-refractivity contribution < 1.29 is 9.53 Å². The Hall–Kier alpha value is -1.77. The molecule has 0 aliphatic heterocycles. The average Bonchev–Trinajstić information content (AvgIpc) is 2.79. The number of aryl methyl sites for hydroxylation is 1. The van der Waals surface area contributed by atoms with Gasteiger partial charge in [0.05, 0.1) is 0 Å². The van der Waals surface area contributed by atoms with E-state index in [1.807, 2.05) is 6.92 Å². The van der Waals surface area contributed by atoms with Crippen molar-refractivity contribution in [1.29, 1.82) is 0 Å². The number of aromatic nitrogens is 1. The Balaban J connectivity index is 2.20. The van der Waals surface area contributed by atoms with Gasteiger partial charge in [-0.25, -0.2) is 0 Å². The fraction of sp³-hybridized carbons (Fsp3) is 0.438. The summed E-state index contributed by atoms with van der Waals surface area (Å²) in [4.78, 5) is 13.6. The van der Waals surface area contributed by atoms with Crippen LogP contribution in [0.1, 0.15) is 37.8 Å². The Morgan fingerprint density at radius 3 is 3.00 bits per heavy atom. The monoisotopic (exact) mass is 259 g/mol. The second kappa shape index (κ2) is 6.41. The number of fused-ring (bicyclic) bond motifs is 1. The zero-order valence-corrected chi connectivity index (χ0v) is 11.6. The lowest BCUT2D eigenvalue weighted by Crippen LogP contribution is -2.10. The van der Waals surface area contributed by atoms with Crippen LogP contribution in [0.5, 0.6) is 0 Å². The number of ether oxygens (including phenoxy) is 1. The van der Waals surface area contributed by atoms with Gasteiger partial charge in [0, 0.05) is 23.5 Å². The minimum atomic E-state index is -0.0759. The SMILES string of the molecule is CCCCc1c[nH]c2ccc(CC(C)OC=O)cc12. The molecule has 19 heavy (non-hydrogen) atoms. The lowest BCUT2D eigenvalue weighted by Gasteiger charge is -2.09. The van der Waals surface area contributed by atoms with E-state index in [1.165, 1.54) is 34.9 Å². The van der Waals surface area contributed by atoms with Crippen molar-refractivity contribution in [2.45, 2.75) is 45.6 Å². The van der Waals surface area contributed by atoms with Gasteiger partial charge < -0.3 is 9.72 Å². The molecule has 102 valence electrons. The van der Waals surface area contributed by atoms with Crippen LogP contribution in [0.4, 0.5) is 0 Å². The van der Waals surface area contributed by atoms with Gasteiger partial charge >= 0.3 is 0 Å². The molecule has 2 rings (SSSR count). The number of carbonyl (C=O) groups excluding carboxylic acids is 1. The number of hydrogen-bond donors (Lipinski definition) is 1. The fourth-order valence-electron chi connectivity index (χ4n) is 2.40. The van der Waals surface area contributed by atoms with Crippen LogP contribution in [0.25, 0.3) is 10.9 Å². The van der Waals surface area contributed by atoms with Crippen molar-refractivity contribution >= 4 is 17.4 Å². The average molecular weight is 259 g/mol. The van der Waals surface area contributed by atoms with Crippen molar-refractivity contribution in [1.82, 2.24) is 4.98 Å². The number of carbonyl (C=O) groups is 1. The topological polar surface area (TPSA) is 42.1 Å². The zero-order chi connectivity index (χ0) is 13.7. The molecule has 0 bridgehead atoms. The lowest BCUT2D eigenvalue weighted by molar-refractivity contribution is -0.132. The maximum Gasteiger partial charge on any atom is 0.293 e.